The molecule has 0 saturated carbocycles. The SMILES string of the molecule is CNC(=O)NC(=O)[C@@H](C)OC(=O)CN1C(=O)CSc2ccccc21. The van der Waals surface area contributed by atoms with Crippen LogP contribution in [0.15, 0.2) is 29.2 Å². The van der Waals surface area contributed by atoms with Gasteiger partial charge in [0, 0.05) is 11.9 Å². The summed E-state index contributed by atoms with van der Waals surface area (Å²) < 4.78 is 4.99. The lowest BCUT2D eigenvalue weighted by atomic mass is 10.2. The molecule has 1 atom stereocenters. The molecule has 0 aromatic heterocycles. The van der Waals surface area contributed by atoms with Crippen LogP contribution in [0.4, 0.5) is 10.5 Å². The van der Waals surface area contributed by atoms with Crippen molar-refractivity contribution < 1.29 is 23.9 Å². The Kier molecular flexibility index (Phi) is 5.80. The van der Waals surface area contributed by atoms with Gasteiger partial charge in [-0.1, -0.05) is 12.1 Å². The van der Waals surface area contributed by atoms with Gasteiger partial charge >= 0.3 is 12.0 Å². The van der Waals surface area contributed by atoms with Crippen LogP contribution in [0.1, 0.15) is 6.92 Å². The number of rotatable bonds is 4. The second-order valence-electron chi connectivity index (χ2n) is 4.94. The predicted octanol–water partition coefficient (Wildman–Crippen LogP) is 0.513. The van der Waals surface area contributed by atoms with Gasteiger partial charge in [0.25, 0.3) is 5.91 Å². The average molecular weight is 351 g/mol. The molecule has 0 spiro atoms. The van der Waals surface area contributed by atoms with Crippen LogP contribution < -0.4 is 15.5 Å². The van der Waals surface area contributed by atoms with E-state index >= 15 is 0 Å². The molecule has 1 aliphatic rings. The Morgan fingerprint density at radius 3 is 2.75 bits per heavy atom. The summed E-state index contributed by atoms with van der Waals surface area (Å²) in [4.78, 5) is 49.1. The zero-order valence-electron chi connectivity index (χ0n) is 13.2. The molecule has 0 radical (unpaired) electrons. The van der Waals surface area contributed by atoms with E-state index < -0.39 is 24.0 Å². The first-order valence-corrected chi connectivity index (χ1v) is 8.15. The maximum Gasteiger partial charge on any atom is 0.326 e. The fraction of sp³-hybridized carbons (Fsp3) is 0.333. The molecule has 9 heteroatoms. The lowest BCUT2D eigenvalue weighted by Crippen LogP contribution is -2.45. The number of urea groups is 1. The Balaban J connectivity index is 1.98. The van der Waals surface area contributed by atoms with Gasteiger partial charge < -0.3 is 10.1 Å². The lowest BCUT2D eigenvalue weighted by Gasteiger charge is -2.28. The van der Waals surface area contributed by atoms with E-state index in [1.54, 1.807) is 12.1 Å². The van der Waals surface area contributed by atoms with E-state index in [0.29, 0.717) is 5.69 Å². The predicted molar refractivity (Wildman–Crippen MR) is 87.7 cm³/mol. The van der Waals surface area contributed by atoms with E-state index in [4.69, 9.17) is 4.74 Å². The second-order valence-corrected chi connectivity index (χ2v) is 5.95. The van der Waals surface area contributed by atoms with Gasteiger partial charge in [0.2, 0.25) is 5.91 Å². The summed E-state index contributed by atoms with van der Waals surface area (Å²) in [6, 6.07) is 6.54. The molecule has 128 valence electrons. The zero-order valence-corrected chi connectivity index (χ0v) is 14.0. The summed E-state index contributed by atoms with van der Waals surface area (Å²) in [7, 11) is 1.36. The van der Waals surface area contributed by atoms with Gasteiger partial charge in [-0.3, -0.25) is 24.6 Å². The molecular formula is C15H17N3O5S. The number of anilines is 1. The Bertz CT molecular complexity index is 679. The highest BCUT2D eigenvalue weighted by molar-refractivity contribution is 8.00. The van der Waals surface area contributed by atoms with Gasteiger partial charge in [0.05, 0.1) is 11.4 Å². The summed E-state index contributed by atoms with van der Waals surface area (Å²) in [5.41, 5.74) is 0.637. The van der Waals surface area contributed by atoms with Crippen LogP contribution in [0.3, 0.4) is 0 Å². The summed E-state index contributed by atoms with van der Waals surface area (Å²) in [5.74, 6) is -1.46. The summed E-state index contributed by atoms with van der Waals surface area (Å²) in [6.07, 6.45) is -1.15. The zero-order chi connectivity index (χ0) is 17.7. The van der Waals surface area contributed by atoms with Gasteiger partial charge in [0.1, 0.15) is 6.54 Å². The van der Waals surface area contributed by atoms with Crippen molar-refractivity contribution in [1.82, 2.24) is 10.6 Å². The summed E-state index contributed by atoms with van der Waals surface area (Å²) >= 11 is 1.40. The molecule has 8 nitrogen and oxygen atoms in total. The van der Waals surface area contributed by atoms with Crippen LogP contribution in [0.5, 0.6) is 0 Å². The summed E-state index contributed by atoms with van der Waals surface area (Å²) in [5, 5.41) is 4.23. The van der Waals surface area contributed by atoms with Crippen molar-refractivity contribution in [2.75, 3.05) is 24.2 Å². The van der Waals surface area contributed by atoms with Crippen LogP contribution in [-0.2, 0) is 19.1 Å². The van der Waals surface area contributed by atoms with Gasteiger partial charge in [-0.05, 0) is 19.1 Å². The van der Waals surface area contributed by atoms with Crippen molar-refractivity contribution in [2.24, 2.45) is 0 Å². The molecule has 0 aliphatic carbocycles. The molecular weight excluding hydrogens is 334 g/mol. The van der Waals surface area contributed by atoms with Crippen LogP contribution in [0, 0.1) is 0 Å². The molecule has 4 amide bonds. The van der Waals surface area contributed by atoms with Crippen molar-refractivity contribution in [1.29, 1.82) is 0 Å². The molecule has 1 aromatic carbocycles. The van der Waals surface area contributed by atoms with Crippen LogP contribution in [-0.4, -0.2) is 49.3 Å². The third kappa shape index (κ3) is 4.25. The van der Waals surface area contributed by atoms with Crippen molar-refractivity contribution >= 4 is 41.3 Å². The third-order valence-corrected chi connectivity index (χ3v) is 4.28. The minimum Gasteiger partial charge on any atom is -0.451 e. The van der Waals surface area contributed by atoms with Gasteiger partial charge in [-0.2, -0.15) is 0 Å². The molecule has 0 bridgehead atoms. The molecule has 1 aliphatic heterocycles. The maximum atomic E-state index is 12.1. The number of nitrogens with zero attached hydrogens (tertiary/aromatic N) is 1. The number of para-hydroxylation sites is 1. The number of benzene rings is 1. The van der Waals surface area contributed by atoms with E-state index in [1.807, 2.05) is 17.4 Å². The number of amides is 4. The van der Waals surface area contributed by atoms with Crippen LogP contribution >= 0.6 is 11.8 Å². The Morgan fingerprint density at radius 1 is 1.33 bits per heavy atom. The number of carbonyl (C=O) groups is 4. The Labute approximate surface area is 142 Å². The van der Waals surface area contributed by atoms with Gasteiger partial charge in [0.15, 0.2) is 6.10 Å². The number of nitrogens with one attached hydrogen (secondary N) is 2. The number of thioether (sulfide) groups is 1. The smallest absolute Gasteiger partial charge is 0.326 e. The van der Waals surface area contributed by atoms with E-state index in [9.17, 15) is 19.2 Å². The van der Waals surface area contributed by atoms with E-state index in [2.05, 4.69) is 5.32 Å². The molecule has 2 rings (SSSR count). The van der Waals surface area contributed by atoms with E-state index in [1.165, 1.54) is 30.6 Å². The third-order valence-electron chi connectivity index (χ3n) is 3.24. The topological polar surface area (TPSA) is 105 Å². The van der Waals surface area contributed by atoms with E-state index in [0.717, 1.165) is 4.90 Å². The molecule has 0 unspecified atom stereocenters. The Morgan fingerprint density at radius 2 is 2.04 bits per heavy atom. The highest BCUT2D eigenvalue weighted by atomic mass is 32.2. The molecule has 24 heavy (non-hydrogen) atoms. The van der Waals surface area contributed by atoms with Crippen LogP contribution in [0.25, 0.3) is 0 Å². The molecule has 0 saturated heterocycles. The average Bonchev–Trinajstić information content (AvgIpc) is 2.57. The first kappa shape index (κ1) is 17.8. The first-order valence-electron chi connectivity index (χ1n) is 7.16. The van der Waals surface area contributed by atoms with Crippen molar-refractivity contribution in [3.63, 3.8) is 0 Å². The Hall–Kier alpha value is -2.55. The molecule has 2 N–H and O–H groups in total. The number of hydrogen-bond donors (Lipinski definition) is 2. The van der Waals surface area contributed by atoms with Crippen molar-refractivity contribution in [3.05, 3.63) is 24.3 Å². The number of esters is 1. The fourth-order valence-electron chi connectivity index (χ4n) is 2.02. The normalized spacial score (nSPS) is 14.4. The monoisotopic (exact) mass is 351 g/mol. The standard InChI is InChI=1S/C15H17N3O5S/c1-9(14(21)17-15(22)16-2)23-13(20)7-18-10-5-3-4-6-11(10)24-8-12(18)19/h3-6,9H,7-8H2,1-2H3,(H2,16,17,21,22)/t9-/m1/s1. The minimum absolute atomic E-state index is 0.210. The minimum atomic E-state index is -1.15. The number of fused-ring (bicyclic) bond motifs is 1. The highest BCUT2D eigenvalue weighted by Gasteiger charge is 2.28. The molecule has 1 heterocycles. The lowest BCUT2D eigenvalue weighted by molar-refractivity contribution is -0.153. The number of carbonyl (C=O) groups excluding carboxylic acids is 4. The van der Waals surface area contributed by atoms with Crippen LogP contribution in [0.2, 0.25) is 0 Å². The van der Waals surface area contributed by atoms with Gasteiger partial charge in [-0.25, -0.2) is 4.79 Å². The maximum absolute atomic E-state index is 12.1. The fourth-order valence-corrected chi connectivity index (χ4v) is 2.96. The van der Waals surface area contributed by atoms with Gasteiger partial charge in [-0.15, -0.1) is 11.8 Å². The molecule has 0 fully saturated rings. The second kappa shape index (κ2) is 7.82. The van der Waals surface area contributed by atoms with Crippen molar-refractivity contribution in [2.45, 2.75) is 17.9 Å². The number of hydrogen-bond acceptors (Lipinski definition) is 6. The quantitative estimate of drug-likeness (QED) is 0.766. The highest BCUT2D eigenvalue weighted by Crippen LogP contribution is 2.34. The summed E-state index contributed by atoms with van der Waals surface area (Å²) in [6.45, 7) is 1.05. The number of ether oxygens (including phenoxy) is 1. The van der Waals surface area contributed by atoms with E-state index in [-0.39, 0.29) is 18.2 Å². The largest absolute Gasteiger partial charge is 0.451 e. The molecule has 1 aromatic rings. The van der Waals surface area contributed by atoms with Crippen molar-refractivity contribution in [3.8, 4) is 0 Å². The number of imide groups is 1. The first-order chi connectivity index (χ1) is 11.4.